The standard InChI is InChI=1S/C22H31F2N5O/c1-13-10-29-15(11-26(13)5)12-28(8-7-25(3)4)21-20(29)16-9-17(23)14(2)18(24)19(16)27(6)22(21)30/h9,13,15H,7-8,10-12H2,1-6H3. The zero-order chi connectivity index (χ0) is 21.9. The van der Waals surface area contributed by atoms with E-state index in [1.54, 1.807) is 7.05 Å². The Balaban J connectivity index is 2.02. The number of hydrogen-bond donors (Lipinski definition) is 0. The molecule has 4 rings (SSSR count). The summed E-state index contributed by atoms with van der Waals surface area (Å²) < 4.78 is 31.1. The van der Waals surface area contributed by atoms with E-state index in [4.69, 9.17) is 0 Å². The zero-order valence-electron chi connectivity index (χ0n) is 18.7. The third kappa shape index (κ3) is 3.17. The lowest BCUT2D eigenvalue weighted by molar-refractivity contribution is 0.198. The molecule has 164 valence electrons. The molecular weight excluding hydrogens is 388 g/mol. The molecule has 0 bridgehead atoms. The van der Waals surface area contributed by atoms with E-state index in [1.165, 1.54) is 17.6 Å². The van der Waals surface area contributed by atoms with E-state index in [0.29, 0.717) is 23.3 Å². The molecule has 0 amide bonds. The van der Waals surface area contributed by atoms with Gasteiger partial charge in [0.15, 0.2) is 5.82 Å². The van der Waals surface area contributed by atoms with E-state index in [-0.39, 0.29) is 28.7 Å². The van der Waals surface area contributed by atoms with E-state index < -0.39 is 11.6 Å². The van der Waals surface area contributed by atoms with Crippen LogP contribution in [0.25, 0.3) is 10.9 Å². The highest BCUT2D eigenvalue weighted by Crippen LogP contribution is 2.41. The van der Waals surface area contributed by atoms with Gasteiger partial charge in [-0.2, -0.15) is 0 Å². The Morgan fingerprint density at radius 3 is 2.50 bits per heavy atom. The summed E-state index contributed by atoms with van der Waals surface area (Å²) in [5.74, 6) is -1.23. The van der Waals surface area contributed by atoms with Gasteiger partial charge in [0.1, 0.15) is 11.5 Å². The molecule has 3 heterocycles. The maximum atomic E-state index is 15.1. The van der Waals surface area contributed by atoms with Gasteiger partial charge in [0, 0.05) is 56.8 Å². The van der Waals surface area contributed by atoms with E-state index >= 15 is 4.39 Å². The lowest BCUT2D eigenvalue weighted by atomic mass is 9.98. The van der Waals surface area contributed by atoms with Gasteiger partial charge in [-0.1, -0.05) is 0 Å². The molecule has 2 unspecified atom stereocenters. The number of halogens is 2. The lowest BCUT2D eigenvalue weighted by Gasteiger charge is -2.51. The van der Waals surface area contributed by atoms with Gasteiger partial charge in [-0.25, -0.2) is 8.78 Å². The molecule has 1 aromatic carbocycles. The summed E-state index contributed by atoms with van der Waals surface area (Å²) in [6, 6.07) is 1.84. The Morgan fingerprint density at radius 2 is 1.83 bits per heavy atom. The van der Waals surface area contributed by atoms with Crippen molar-refractivity contribution in [3.8, 4) is 0 Å². The second-order valence-electron chi connectivity index (χ2n) is 9.10. The Kier molecular flexibility index (Phi) is 5.26. The lowest BCUT2D eigenvalue weighted by Crippen LogP contribution is -2.63. The average molecular weight is 420 g/mol. The van der Waals surface area contributed by atoms with Crippen molar-refractivity contribution in [1.29, 1.82) is 0 Å². The van der Waals surface area contributed by atoms with Crippen LogP contribution in [0.3, 0.4) is 0 Å². The molecule has 1 aromatic heterocycles. The normalized spacial score (nSPS) is 22.0. The molecule has 0 spiro atoms. The van der Waals surface area contributed by atoms with Crippen molar-refractivity contribution >= 4 is 22.3 Å². The smallest absolute Gasteiger partial charge is 0.276 e. The van der Waals surface area contributed by atoms with Crippen LogP contribution in [0, 0.1) is 18.6 Å². The second kappa shape index (κ2) is 7.50. The summed E-state index contributed by atoms with van der Waals surface area (Å²) in [6.45, 7) is 7.30. The number of piperazine rings is 1. The van der Waals surface area contributed by atoms with Crippen molar-refractivity contribution in [3.63, 3.8) is 0 Å². The molecule has 0 saturated carbocycles. The van der Waals surface area contributed by atoms with Gasteiger partial charge in [0.05, 0.1) is 17.2 Å². The number of aryl methyl sites for hydroxylation is 1. The Morgan fingerprint density at radius 1 is 1.13 bits per heavy atom. The quantitative estimate of drug-likeness (QED) is 0.761. The minimum absolute atomic E-state index is 0.0546. The number of benzene rings is 1. The number of nitrogens with zero attached hydrogens (tertiary/aromatic N) is 5. The van der Waals surface area contributed by atoms with Crippen LogP contribution in [0.15, 0.2) is 10.9 Å². The molecule has 1 fully saturated rings. The monoisotopic (exact) mass is 419 g/mol. The first-order valence-electron chi connectivity index (χ1n) is 10.5. The molecule has 6 nitrogen and oxygen atoms in total. The first kappa shape index (κ1) is 21.1. The molecule has 1 saturated heterocycles. The molecule has 0 aliphatic carbocycles. The van der Waals surface area contributed by atoms with Crippen LogP contribution in [0.5, 0.6) is 0 Å². The van der Waals surface area contributed by atoms with Crippen molar-refractivity contribution < 1.29 is 8.78 Å². The fourth-order valence-electron chi connectivity index (χ4n) is 4.76. The molecule has 0 radical (unpaired) electrons. The molecular formula is C22H31F2N5O. The summed E-state index contributed by atoms with van der Waals surface area (Å²) in [7, 11) is 7.68. The van der Waals surface area contributed by atoms with Gasteiger partial charge in [0.2, 0.25) is 0 Å². The van der Waals surface area contributed by atoms with Crippen molar-refractivity contribution in [2.45, 2.75) is 25.9 Å². The van der Waals surface area contributed by atoms with Gasteiger partial charge in [0.25, 0.3) is 5.56 Å². The van der Waals surface area contributed by atoms with Gasteiger partial charge in [-0.15, -0.1) is 0 Å². The van der Waals surface area contributed by atoms with Crippen LogP contribution in [0.1, 0.15) is 12.5 Å². The largest absolute Gasteiger partial charge is 0.362 e. The molecule has 0 N–H and O–H groups in total. The minimum Gasteiger partial charge on any atom is -0.362 e. The maximum Gasteiger partial charge on any atom is 0.276 e. The predicted octanol–water partition coefficient (Wildman–Crippen LogP) is 2.02. The van der Waals surface area contributed by atoms with Crippen LogP contribution >= 0.6 is 0 Å². The molecule has 30 heavy (non-hydrogen) atoms. The maximum absolute atomic E-state index is 15.1. The third-order valence-corrected chi connectivity index (χ3v) is 6.75. The van der Waals surface area contributed by atoms with Crippen molar-refractivity contribution in [2.24, 2.45) is 7.05 Å². The van der Waals surface area contributed by atoms with Crippen LogP contribution in [-0.2, 0) is 7.05 Å². The number of anilines is 2. The van der Waals surface area contributed by atoms with Gasteiger partial charge >= 0.3 is 0 Å². The summed E-state index contributed by atoms with van der Waals surface area (Å²) in [4.78, 5) is 22.2. The van der Waals surface area contributed by atoms with E-state index in [0.717, 1.165) is 26.2 Å². The SMILES string of the molecule is Cc1c(F)cc2c3c(c(=O)n(C)c2c1F)N(CCN(C)C)CC1CN(C)C(C)CN31. The third-order valence-electron chi connectivity index (χ3n) is 6.75. The van der Waals surface area contributed by atoms with Crippen molar-refractivity contribution in [3.05, 3.63) is 33.6 Å². The van der Waals surface area contributed by atoms with Crippen molar-refractivity contribution in [2.75, 3.05) is 63.7 Å². The topological polar surface area (TPSA) is 35.0 Å². The van der Waals surface area contributed by atoms with E-state index in [2.05, 4.69) is 33.6 Å². The average Bonchev–Trinajstić information content (AvgIpc) is 2.68. The number of aromatic nitrogens is 1. The van der Waals surface area contributed by atoms with Crippen LogP contribution < -0.4 is 15.4 Å². The van der Waals surface area contributed by atoms with E-state index in [9.17, 15) is 9.18 Å². The van der Waals surface area contributed by atoms with Gasteiger partial charge in [-0.3, -0.25) is 9.69 Å². The molecule has 2 aliphatic rings. The van der Waals surface area contributed by atoms with Crippen molar-refractivity contribution in [1.82, 2.24) is 14.4 Å². The Labute approximate surface area is 176 Å². The summed E-state index contributed by atoms with van der Waals surface area (Å²) in [5.41, 5.74) is 1.13. The predicted molar refractivity (Wildman–Crippen MR) is 118 cm³/mol. The molecule has 2 aromatic rings. The summed E-state index contributed by atoms with van der Waals surface area (Å²) in [5, 5.41) is 0.476. The molecule has 8 heteroatoms. The number of likely N-dealkylation sites (N-methyl/N-ethyl adjacent to an activating group) is 2. The fraction of sp³-hybridized carbons (Fsp3) is 0.591. The highest BCUT2D eigenvalue weighted by Gasteiger charge is 2.40. The van der Waals surface area contributed by atoms with Gasteiger partial charge in [-0.05, 0) is 41.1 Å². The first-order chi connectivity index (χ1) is 14.1. The highest BCUT2D eigenvalue weighted by atomic mass is 19.1. The second-order valence-corrected chi connectivity index (χ2v) is 9.10. The molecule has 2 aliphatic heterocycles. The van der Waals surface area contributed by atoms with Crippen LogP contribution in [-0.4, -0.2) is 80.3 Å². The Bertz CT molecular complexity index is 1050. The summed E-state index contributed by atoms with van der Waals surface area (Å²) in [6.07, 6.45) is 0. The van der Waals surface area contributed by atoms with E-state index in [1.807, 2.05) is 14.1 Å². The zero-order valence-corrected chi connectivity index (χ0v) is 18.7. The molecule has 2 atom stereocenters. The van der Waals surface area contributed by atoms with Crippen LogP contribution in [0.4, 0.5) is 20.2 Å². The number of hydrogen-bond acceptors (Lipinski definition) is 5. The highest BCUT2D eigenvalue weighted by molar-refractivity contribution is 6.00. The number of pyridine rings is 1. The minimum atomic E-state index is -0.656. The van der Waals surface area contributed by atoms with Gasteiger partial charge < -0.3 is 19.3 Å². The number of fused-ring (bicyclic) bond motifs is 5. The first-order valence-corrected chi connectivity index (χ1v) is 10.5. The fourth-order valence-corrected chi connectivity index (χ4v) is 4.76. The summed E-state index contributed by atoms with van der Waals surface area (Å²) >= 11 is 0. The number of rotatable bonds is 3. The van der Waals surface area contributed by atoms with Crippen LogP contribution in [0.2, 0.25) is 0 Å². The Hall–Kier alpha value is -2.19.